The molecule has 1 heterocycles. The van der Waals surface area contributed by atoms with Crippen LogP contribution in [0, 0.1) is 0 Å². The average Bonchev–Trinajstić information content (AvgIpc) is 3.25. The van der Waals surface area contributed by atoms with E-state index in [0.29, 0.717) is 16.7 Å². The Morgan fingerprint density at radius 1 is 1.12 bits per heavy atom. The first kappa shape index (κ1) is 24.3. The standard InChI is InChI=1S/C23H21ClF3N3O3/c1-2-30(14-20(31)29-18-6-4-3-5-17(18)23(25,26)27)22(32)12-11-21-28-13-19(33-21)15-7-9-16(24)10-8-15/h3-10,13H,2,11-12,14H2,1H3,(H,29,31). The zero-order valence-corrected chi connectivity index (χ0v) is 18.4. The van der Waals surface area contributed by atoms with Crippen molar-refractivity contribution in [2.24, 2.45) is 0 Å². The van der Waals surface area contributed by atoms with Crippen molar-refractivity contribution in [1.82, 2.24) is 9.88 Å². The minimum atomic E-state index is -4.61. The quantitative estimate of drug-likeness (QED) is 0.467. The van der Waals surface area contributed by atoms with Gasteiger partial charge in [-0.2, -0.15) is 13.2 Å². The maximum absolute atomic E-state index is 13.1. The largest absolute Gasteiger partial charge is 0.441 e. The van der Waals surface area contributed by atoms with Crippen molar-refractivity contribution in [2.75, 3.05) is 18.4 Å². The molecular weight excluding hydrogens is 459 g/mol. The van der Waals surface area contributed by atoms with Crippen molar-refractivity contribution in [3.05, 3.63) is 71.2 Å². The van der Waals surface area contributed by atoms with Crippen LogP contribution in [0.15, 0.2) is 59.1 Å². The van der Waals surface area contributed by atoms with Gasteiger partial charge >= 0.3 is 6.18 Å². The number of carbonyl (C=O) groups excluding carboxylic acids is 2. The van der Waals surface area contributed by atoms with E-state index in [1.807, 2.05) is 0 Å². The van der Waals surface area contributed by atoms with Crippen LogP contribution in [0.2, 0.25) is 5.02 Å². The highest BCUT2D eigenvalue weighted by atomic mass is 35.5. The summed E-state index contributed by atoms with van der Waals surface area (Å²) in [4.78, 5) is 30.3. The van der Waals surface area contributed by atoms with Crippen molar-refractivity contribution < 1.29 is 27.2 Å². The first-order valence-electron chi connectivity index (χ1n) is 10.1. The minimum absolute atomic E-state index is 0.0286. The Bertz CT molecular complexity index is 1110. The highest BCUT2D eigenvalue weighted by Gasteiger charge is 2.33. The van der Waals surface area contributed by atoms with E-state index in [2.05, 4.69) is 10.3 Å². The Balaban J connectivity index is 1.56. The van der Waals surface area contributed by atoms with Gasteiger partial charge < -0.3 is 14.6 Å². The third-order valence-corrected chi connectivity index (χ3v) is 5.06. The molecule has 0 saturated carbocycles. The molecule has 0 atom stereocenters. The molecule has 0 aliphatic heterocycles. The predicted octanol–water partition coefficient (Wildman–Crippen LogP) is 5.43. The molecule has 0 spiro atoms. The Labute approximate surface area is 193 Å². The van der Waals surface area contributed by atoms with Crippen molar-refractivity contribution in [3.63, 3.8) is 0 Å². The molecule has 3 rings (SSSR count). The highest BCUT2D eigenvalue weighted by molar-refractivity contribution is 6.30. The van der Waals surface area contributed by atoms with E-state index in [0.717, 1.165) is 11.6 Å². The molecule has 6 nitrogen and oxygen atoms in total. The second kappa shape index (κ2) is 10.5. The average molecular weight is 480 g/mol. The maximum Gasteiger partial charge on any atom is 0.418 e. The van der Waals surface area contributed by atoms with Crippen LogP contribution >= 0.6 is 11.6 Å². The number of oxazole rings is 1. The second-order valence-corrected chi connectivity index (χ2v) is 7.56. The molecule has 1 N–H and O–H groups in total. The van der Waals surface area contributed by atoms with Gasteiger partial charge in [-0.3, -0.25) is 9.59 Å². The number of nitrogens with zero attached hydrogens (tertiary/aromatic N) is 2. The fraction of sp³-hybridized carbons (Fsp3) is 0.261. The molecule has 0 bridgehead atoms. The number of benzene rings is 2. The number of aromatic nitrogens is 1. The predicted molar refractivity (Wildman–Crippen MR) is 118 cm³/mol. The van der Waals surface area contributed by atoms with Gasteiger partial charge in [-0.1, -0.05) is 23.7 Å². The summed E-state index contributed by atoms with van der Waals surface area (Å²) in [5.74, 6) is -0.178. The number of hydrogen-bond acceptors (Lipinski definition) is 4. The summed E-state index contributed by atoms with van der Waals surface area (Å²) in [6, 6.07) is 11.7. The van der Waals surface area contributed by atoms with Crippen LogP contribution in [0.4, 0.5) is 18.9 Å². The number of aryl methyl sites for hydroxylation is 1. The van der Waals surface area contributed by atoms with Gasteiger partial charge in [-0.15, -0.1) is 0 Å². The van der Waals surface area contributed by atoms with E-state index < -0.39 is 17.6 Å². The number of hydrogen-bond donors (Lipinski definition) is 1. The lowest BCUT2D eigenvalue weighted by molar-refractivity contribution is -0.137. The topological polar surface area (TPSA) is 75.4 Å². The molecule has 2 aromatic carbocycles. The number of rotatable bonds is 8. The van der Waals surface area contributed by atoms with E-state index in [-0.39, 0.29) is 37.5 Å². The Kier molecular flexibility index (Phi) is 7.75. The van der Waals surface area contributed by atoms with Gasteiger partial charge in [0.15, 0.2) is 11.7 Å². The Hall–Kier alpha value is -3.33. The number of likely N-dealkylation sites (N-methyl/N-ethyl adjacent to an activating group) is 1. The number of halogens is 4. The van der Waals surface area contributed by atoms with Gasteiger partial charge in [0.25, 0.3) is 0 Å². The van der Waals surface area contributed by atoms with Crippen molar-refractivity contribution in [1.29, 1.82) is 0 Å². The lowest BCUT2D eigenvalue weighted by Crippen LogP contribution is -2.38. The molecule has 1 aromatic heterocycles. The van der Waals surface area contributed by atoms with Crippen LogP contribution in [-0.2, 0) is 22.2 Å². The summed E-state index contributed by atoms with van der Waals surface area (Å²) >= 11 is 5.87. The molecule has 10 heteroatoms. The summed E-state index contributed by atoms with van der Waals surface area (Å²) in [6.45, 7) is 1.52. The van der Waals surface area contributed by atoms with E-state index in [4.69, 9.17) is 16.0 Å². The number of para-hydroxylation sites is 1. The summed E-state index contributed by atoms with van der Waals surface area (Å²) < 4.78 is 45.0. The SMILES string of the molecule is CCN(CC(=O)Nc1ccccc1C(F)(F)F)C(=O)CCc1ncc(-c2ccc(Cl)cc2)o1. The minimum Gasteiger partial charge on any atom is -0.441 e. The van der Waals surface area contributed by atoms with Crippen LogP contribution in [0.3, 0.4) is 0 Å². The monoisotopic (exact) mass is 479 g/mol. The molecule has 3 aromatic rings. The van der Waals surface area contributed by atoms with Crippen LogP contribution < -0.4 is 5.32 Å². The summed E-state index contributed by atoms with van der Waals surface area (Å²) in [7, 11) is 0. The Morgan fingerprint density at radius 3 is 2.48 bits per heavy atom. The number of nitrogens with one attached hydrogen (secondary N) is 1. The molecule has 0 aliphatic carbocycles. The molecule has 2 amide bonds. The fourth-order valence-corrected chi connectivity index (χ4v) is 3.25. The zero-order chi connectivity index (χ0) is 24.0. The molecule has 0 saturated heterocycles. The molecule has 174 valence electrons. The van der Waals surface area contributed by atoms with E-state index in [1.54, 1.807) is 37.4 Å². The third kappa shape index (κ3) is 6.58. The van der Waals surface area contributed by atoms with Crippen molar-refractivity contribution in [3.8, 4) is 11.3 Å². The zero-order valence-electron chi connectivity index (χ0n) is 17.7. The summed E-state index contributed by atoms with van der Waals surface area (Å²) in [5, 5.41) is 2.84. The van der Waals surface area contributed by atoms with Gasteiger partial charge in [-0.05, 0) is 43.3 Å². The first-order chi connectivity index (χ1) is 15.7. The number of anilines is 1. The molecule has 0 fully saturated rings. The van der Waals surface area contributed by atoms with Gasteiger partial charge in [0, 0.05) is 30.0 Å². The van der Waals surface area contributed by atoms with Crippen LogP contribution in [0.1, 0.15) is 24.8 Å². The van der Waals surface area contributed by atoms with Gasteiger partial charge in [0.1, 0.15) is 0 Å². The van der Waals surface area contributed by atoms with Crippen LogP contribution in [-0.4, -0.2) is 34.8 Å². The van der Waals surface area contributed by atoms with Gasteiger partial charge in [0.2, 0.25) is 11.8 Å². The van der Waals surface area contributed by atoms with Crippen molar-refractivity contribution in [2.45, 2.75) is 25.9 Å². The number of carbonyl (C=O) groups is 2. The third-order valence-electron chi connectivity index (χ3n) is 4.81. The molecule has 33 heavy (non-hydrogen) atoms. The highest BCUT2D eigenvalue weighted by Crippen LogP contribution is 2.34. The van der Waals surface area contributed by atoms with E-state index in [9.17, 15) is 22.8 Å². The smallest absolute Gasteiger partial charge is 0.418 e. The normalized spacial score (nSPS) is 11.3. The lowest BCUT2D eigenvalue weighted by Gasteiger charge is -2.21. The summed E-state index contributed by atoms with van der Waals surface area (Å²) in [6.07, 6.45) is -2.82. The number of amides is 2. The number of alkyl halides is 3. The molecule has 0 aliphatic rings. The first-order valence-corrected chi connectivity index (χ1v) is 10.5. The second-order valence-electron chi connectivity index (χ2n) is 7.12. The molecular formula is C23H21ClF3N3O3. The van der Waals surface area contributed by atoms with Crippen LogP contribution in [0.5, 0.6) is 0 Å². The van der Waals surface area contributed by atoms with Crippen molar-refractivity contribution >= 4 is 29.1 Å². The maximum atomic E-state index is 13.1. The lowest BCUT2D eigenvalue weighted by atomic mass is 10.1. The van der Waals surface area contributed by atoms with Gasteiger partial charge in [0.05, 0.1) is 24.0 Å². The molecule has 0 radical (unpaired) electrons. The van der Waals surface area contributed by atoms with E-state index >= 15 is 0 Å². The van der Waals surface area contributed by atoms with E-state index in [1.165, 1.54) is 23.1 Å². The fourth-order valence-electron chi connectivity index (χ4n) is 3.12. The Morgan fingerprint density at radius 2 is 1.82 bits per heavy atom. The summed E-state index contributed by atoms with van der Waals surface area (Å²) in [5.41, 5.74) is -0.517. The van der Waals surface area contributed by atoms with Gasteiger partial charge in [-0.25, -0.2) is 4.98 Å². The van der Waals surface area contributed by atoms with Crippen LogP contribution in [0.25, 0.3) is 11.3 Å². The molecule has 0 unspecified atom stereocenters.